The number of hydrogen-bond donors (Lipinski definition) is 5. The van der Waals surface area contributed by atoms with Crippen molar-refractivity contribution in [1.82, 2.24) is 25.7 Å². The molecule has 2 heterocycles. The molecule has 4 rings (SSSR count). The Hall–Kier alpha value is -3.28. The maximum absolute atomic E-state index is 14.0. The fourth-order valence-corrected chi connectivity index (χ4v) is 6.67. The predicted octanol–water partition coefficient (Wildman–Crippen LogP) is 2.77. The highest BCUT2D eigenvalue weighted by Crippen LogP contribution is 2.29. The molecular formula is C35H53N5O6. The summed E-state index contributed by atoms with van der Waals surface area (Å²) >= 11 is 0. The second-order valence-electron chi connectivity index (χ2n) is 13.5. The number of aromatic amines is 1. The lowest BCUT2D eigenvalue weighted by Crippen LogP contribution is -2.56. The number of morpholine rings is 1. The van der Waals surface area contributed by atoms with Crippen LogP contribution in [0.3, 0.4) is 0 Å². The standard InChI is InChI=1S/C35H53N5O6/c1-24(2)19-31(41)33(43)29(21-26-11-7-4-8-12-26)37-35(45)30(23-28-13-14-36-39-28)38-34(44)27(20-25-9-5-3-6-10-25)22-32(42)40-15-17-46-18-16-40/h3,5-6,9-10,13-14,24,26-27,29-31,33,41,43H,4,7-8,11-12,15-23H2,1-2H3,(H,36,39)(H,37,45)(H,38,44). The van der Waals surface area contributed by atoms with E-state index in [0.29, 0.717) is 57.2 Å². The topological polar surface area (TPSA) is 157 Å². The number of nitrogens with zero attached hydrogens (tertiary/aromatic N) is 2. The summed E-state index contributed by atoms with van der Waals surface area (Å²) in [6, 6.07) is 9.63. The minimum Gasteiger partial charge on any atom is -0.390 e. The number of carbonyl (C=O) groups excluding carboxylic acids is 3. The van der Waals surface area contributed by atoms with Gasteiger partial charge in [0, 0.05) is 37.8 Å². The first-order valence-electron chi connectivity index (χ1n) is 17.0. The van der Waals surface area contributed by atoms with Gasteiger partial charge in [0.1, 0.15) is 12.1 Å². The predicted molar refractivity (Wildman–Crippen MR) is 174 cm³/mol. The van der Waals surface area contributed by atoms with Crippen molar-refractivity contribution in [3.8, 4) is 0 Å². The second-order valence-corrected chi connectivity index (χ2v) is 13.5. The van der Waals surface area contributed by atoms with Crippen LogP contribution in [0.1, 0.15) is 76.5 Å². The molecule has 1 aromatic heterocycles. The van der Waals surface area contributed by atoms with E-state index in [9.17, 15) is 24.6 Å². The van der Waals surface area contributed by atoms with Crippen LogP contribution in [0.2, 0.25) is 0 Å². The molecule has 1 aromatic carbocycles. The number of ether oxygens (including phenoxy) is 1. The number of nitrogens with one attached hydrogen (secondary N) is 3. The number of carbonyl (C=O) groups is 3. The van der Waals surface area contributed by atoms with Crippen molar-refractivity contribution in [1.29, 1.82) is 0 Å². The molecule has 1 aliphatic carbocycles. The summed E-state index contributed by atoms with van der Waals surface area (Å²) in [5.41, 5.74) is 1.58. The Balaban J connectivity index is 1.53. The van der Waals surface area contributed by atoms with E-state index in [2.05, 4.69) is 20.8 Å². The Morgan fingerprint density at radius 2 is 1.70 bits per heavy atom. The summed E-state index contributed by atoms with van der Waals surface area (Å²) < 4.78 is 5.40. The van der Waals surface area contributed by atoms with Crippen molar-refractivity contribution >= 4 is 17.7 Å². The van der Waals surface area contributed by atoms with Gasteiger partial charge in [0.2, 0.25) is 17.7 Å². The smallest absolute Gasteiger partial charge is 0.243 e. The fourth-order valence-electron chi connectivity index (χ4n) is 6.67. The van der Waals surface area contributed by atoms with E-state index in [-0.39, 0.29) is 24.7 Å². The van der Waals surface area contributed by atoms with Crippen LogP contribution >= 0.6 is 0 Å². The largest absolute Gasteiger partial charge is 0.390 e. The van der Waals surface area contributed by atoms with Crippen molar-refractivity contribution in [3.63, 3.8) is 0 Å². The summed E-state index contributed by atoms with van der Waals surface area (Å²) in [5.74, 6) is -1.16. The van der Waals surface area contributed by atoms with Crippen molar-refractivity contribution in [2.75, 3.05) is 26.3 Å². The molecule has 1 saturated carbocycles. The first-order valence-corrected chi connectivity index (χ1v) is 17.0. The van der Waals surface area contributed by atoms with Crippen LogP contribution in [-0.2, 0) is 32.0 Å². The molecule has 11 heteroatoms. The van der Waals surface area contributed by atoms with Gasteiger partial charge in [-0.1, -0.05) is 76.3 Å². The molecule has 1 aliphatic heterocycles. The first-order chi connectivity index (χ1) is 22.2. The number of aromatic nitrogens is 2. The minimum absolute atomic E-state index is 0.00351. The maximum Gasteiger partial charge on any atom is 0.243 e. The number of benzene rings is 1. The van der Waals surface area contributed by atoms with Gasteiger partial charge in [-0.05, 0) is 42.7 Å². The third-order valence-corrected chi connectivity index (χ3v) is 9.25. The van der Waals surface area contributed by atoms with E-state index in [1.165, 1.54) is 6.42 Å². The summed E-state index contributed by atoms with van der Waals surface area (Å²) in [5, 5.41) is 35.0. The Morgan fingerprint density at radius 1 is 0.978 bits per heavy atom. The lowest BCUT2D eigenvalue weighted by atomic mass is 9.82. The molecule has 5 N–H and O–H groups in total. The maximum atomic E-state index is 14.0. The highest BCUT2D eigenvalue weighted by atomic mass is 16.5. The average molecular weight is 640 g/mol. The lowest BCUT2D eigenvalue weighted by molar-refractivity contribution is -0.140. The zero-order chi connectivity index (χ0) is 32.9. The quantitative estimate of drug-likeness (QED) is 0.189. The van der Waals surface area contributed by atoms with Gasteiger partial charge in [-0.3, -0.25) is 19.5 Å². The van der Waals surface area contributed by atoms with E-state index in [1.807, 2.05) is 44.2 Å². The van der Waals surface area contributed by atoms with E-state index in [0.717, 1.165) is 31.2 Å². The number of rotatable bonds is 16. The SMILES string of the molecule is CC(C)CC(O)C(O)C(CC1CCCCC1)NC(=O)C(Cc1ccn[nH]1)NC(=O)C(CC(=O)N1CCOCC1)Cc1ccccc1. The zero-order valence-electron chi connectivity index (χ0n) is 27.4. The van der Waals surface area contributed by atoms with Crippen LogP contribution in [0.25, 0.3) is 0 Å². The minimum atomic E-state index is -1.14. The summed E-state index contributed by atoms with van der Waals surface area (Å²) in [7, 11) is 0. The van der Waals surface area contributed by atoms with Gasteiger partial charge in [-0.2, -0.15) is 5.10 Å². The van der Waals surface area contributed by atoms with Gasteiger partial charge in [-0.15, -0.1) is 0 Å². The van der Waals surface area contributed by atoms with Gasteiger partial charge in [-0.25, -0.2) is 0 Å². The van der Waals surface area contributed by atoms with Gasteiger partial charge < -0.3 is 30.5 Å². The second kappa shape index (κ2) is 18.2. The molecule has 11 nitrogen and oxygen atoms in total. The highest BCUT2D eigenvalue weighted by molar-refractivity contribution is 5.91. The molecule has 2 aliphatic rings. The number of amides is 3. The van der Waals surface area contributed by atoms with Crippen molar-refractivity contribution < 1.29 is 29.3 Å². The molecule has 0 spiro atoms. The van der Waals surface area contributed by atoms with Crippen LogP contribution in [0, 0.1) is 17.8 Å². The van der Waals surface area contributed by atoms with Crippen LogP contribution in [0.4, 0.5) is 0 Å². The number of aliphatic hydroxyl groups excluding tert-OH is 2. The molecule has 0 bridgehead atoms. The number of aliphatic hydroxyl groups is 2. The number of H-pyrrole nitrogens is 1. The number of hydrogen-bond acceptors (Lipinski definition) is 7. The molecule has 5 unspecified atom stereocenters. The van der Waals surface area contributed by atoms with Gasteiger partial charge >= 0.3 is 0 Å². The Kier molecular flexibility index (Phi) is 14.0. The Morgan fingerprint density at radius 3 is 2.35 bits per heavy atom. The summed E-state index contributed by atoms with van der Waals surface area (Å²) in [4.78, 5) is 43.0. The molecule has 2 fully saturated rings. The van der Waals surface area contributed by atoms with E-state index >= 15 is 0 Å². The van der Waals surface area contributed by atoms with Crippen molar-refractivity contribution in [2.24, 2.45) is 17.8 Å². The van der Waals surface area contributed by atoms with Crippen LogP contribution in [0.5, 0.6) is 0 Å². The third kappa shape index (κ3) is 11.2. The van der Waals surface area contributed by atoms with Crippen molar-refractivity contribution in [2.45, 2.75) is 102 Å². The monoisotopic (exact) mass is 639 g/mol. The van der Waals surface area contributed by atoms with Crippen LogP contribution < -0.4 is 10.6 Å². The molecule has 3 amide bonds. The molecule has 254 valence electrons. The van der Waals surface area contributed by atoms with Gasteiger partial charge in [0.15, 0.2) is 0 Å². The molecule has 5 atom stereocenters. The van der Waals surface area contributed by atoms with E-state index in [1.54, 1.807) is 17.2 Å². The van der Waals surface area contributed by atoms with Crippen LogP contribution in [0.15, 0.2) is 42.6 Å². The van der Waals surface area contributed by atoms with Crippen LogP contribution in [-0.4, -0.2) is 93.6 Å². The molecule has 46 heavy (non-hydrogen) atoms. The molecule has 0 radical (unpaired) electrons. The summed E-state index contributed by atoms with van der Waals surface area (Å²) in [6.07, 6.45) is 6.35. The first kappa shape index (κ1) is 35.6. The lowest BCUT2D eigenvalue weighted by Gasteiger charge is -2.34. The van der Waals surface area contributed by atoms with Gasteiger partial charge in [0.25, 0.3) is 0 Å². The zero-order valence-corrected chi connectivity index (χ0v) is 27.4. The Labute approximate surface area is 272 Å². The average Bonchev–Trinajstić information content (AvgIpc) is 3.57. The fraction of sp³-hybridized carbons (Fsp3) is 0.657. The highest BCUT2D eigenvalue weighted by Gasteiger charge is 2.35. The van der Waals surface area contributed by atoms with E-state index in [4.69, 9.17) is 4.74 Å². The van der Waals surface area contributed by atoms with Gasteiger partial charge in [0.05, 0.1) is 31.3 Å². The Bertz CT molecular complexity index is 1200. The normalized spacial score (nSPS) is 19.2. The molecule has 2 aromatic rings. The third-order valence-electron chi connectivity index (χ3n) is 9.25. The molecular weight excluding hydrogens is 586 g/mol. The summed E-state index contributed by atoms with van der Waals surface area (Å²) in [6.45, 7) is 5.86. The van der Waals surface area contributed by atoms with Crippen molar-refractivity contribution in [3.05, 3.63) is 53.9 Å². The van der Waals surface area contributed by atoms with E-state index < -0.39 is 42.0 Å². The molecule has 1 saturated heterocycles.